The van der Waals surface area contributed by atoms with Crippen molar-refractivity contribution in [3.63, 3.8) is 0 Å². The quantitative estimate of drug-likeness (QED) is 0.458. The van der Waals surface area contributed by atoms with E-state index < -0.39 is 0 Å². The number of halogens is 2. The van der Waals surface area contributed by atoms with E-state index in [9.17, 15) is 4.39 Å². The predicted octanol–water partition coefficient (Wildman–Crippen LogP) is 4.39. The molecule has 160 valence electrons. The van der Waals surface area contributed by atoms with Crippen molar-refractivity contribution >= 4 is 12.4 Å². The SMILES string of the molecule is Cl.Fc1ccc(-c2ncn(C3CCN(Cc4ccon4)CC3)c2-c2ccncn2)cc1. The molecule has 0 N–H and O–H groups in total. The van der Waals surface area contributed by atoms with Crippen molar-refractivity contribution < 1.29 is 8.91 Å². The summed E-state index contributed by atoms with van der Waals surface area (Å²) in [4.78, 5) is 15.6. The zero-order chi connectivity index (χ0) is 20.3. The van der Waals surface area contributed by atoms with Crippen LogP contribution in [-0.2, 0) is 6.54 Å². The van der Waals surface area contributed by atoms with Gasteiger partial charge in [-0.05, 0) is 43.2 Å². The van der Waals surface area contributed by atoms with Crippen molar-refractivity contribution in [2.45, 2.75) is 25.4 Å². The third kappa shape index (κ3) is 4.50. The van der Waals surface area contributed by atoms with Gasteiger partial charge in [0.15, 0.2) is 0 Å². The Balaban J connectivity index is 0.00000231. The van der Waals surface area contributed by atoms with Crippen molar-refractivity contribution in [1.29, 1.82) is 0 Å². The number of hydrogen-bond acceptors (Lipinski definition) is 6. The highest BCUT2D eigenvalue weighted by atomic mass is 35.5. The fraction of sp³-hybridized carbons (Fsp3) is 0.273. The molecule has 9 heteroatoms. The van der Waals surface area contributed by atoms with E-state index in [-0.39, 0.29) is 18.2 Å². The summed E-state index contributed by atoms with van der Waals surface area (Å²) in [6.45, 7) is 2.72. The van der Waals surface area contributed by atoms with E-state index in [4.69, 9.17) is 9.51 Å². The Bertz CT molecular complexity index is 1090. The number of hydrogen-bond donors (Lipinski definition) is 0. The molecule has 0 aliphatic carbocycles. The molecular formula is C22H22ClFN6O. The molecule has 3 aromatic heterocycles. The van der Waals surface area contributed by atoms with Crippen molar-refractivity contribution in [3.8, 4) is 22.6 Å². The van der Waals surface area contributed by atoms with E-state index in [1.165, 1.54) is 12.1 Å². The van der Waals surface area contributed by atoms with E-state index in [1.807, 2.05) is 18.5 Å². The zero-order valence-corrected chi connectivity index (χ0v) is 17.6. The molecule has 1 aromatic carbocycles. The average Bonchev–Trinajstić information content (AvgIpc) is 3.46. The summed E-state index contributed by atoms with van der Waals surface area (Å²) < 4.78 is 20.6. The number of aromatic nitrogens is 5. The predicted molar refractivity (Wildman–Crippen MR) is 116 cm³/mol. The Morgan fingerprint density at radius 3 is 2.52 bits per heavy atom. The Morgan fingerprint density at radius 1 is 1.03 bits per heavy atom. The maximum absolute atomic E-state index is 13.4. The molecule has 1 aliphatic rings. The summed E-state index contributed by atoms with van der Waals surface area (Å²) in [6.07, 6.45) is 8.76. The molecule has 0 atom stereocenters. The molecular weight excluding hydrogens is 419 g/mol. The first kappa shape index (κ1) is 21.1. The van der Waals surface area contributed by atoms with E-state index >= 15 is 0 Å². The van der Waals surface area contributed by atoms with Crippen LogP contribution in [0.25, 0.3) is 22.6 Å². The molecule has 1 fully saturated rings. The molecule has 4 aromatic rings. The van der Waals surface area contributed by atoms with Crippen molar-refractivity contribution in [1.82, 2.24) is 29.6 Å². The molecule has 0 spiro atoms. The van der Waals surface area contributed by atoms with Crippen molar-refractivity contribution in [2.24, 2.45) is 0 Å². The normalized spacial score (nSPS) is 15.0. The van der Waals surface area contributed by atoms with Gasteiger partial charge in [-0.25, -0.2) is 19.3 Å². The Morgan fingerprint density at radius 2 is 1.84 bits per heavy atom. The molecule has 0 saturated carbocycles. The minimum Gasteiger partial charge on any atom is -0.364 e. The fourth-order valence-corrected chi connectivity index (χ4v) is 4.05. The van der Waals surface area contributed by atoms with Gasteiger partial charge in [0.2, 0.25) is 0 Å². The van der Waals surface area contributed by atoms with Crippen molar-refractivity contribution in [2.75, 3.05) is 13.1 Å². The topological polar surface area (TPSA) is 72.9 Å². The van der Waals surface area contributed by atoms with Crippen LogP contribution in [0.2, 0.25) is 0 Å². The molecule has 0 unspecified atom stereocenters. The number of imidazole rings is 1. The molecule has 0 amide bonds. The highest BCUT2D eigenvalue weighted by Crippen LogP contribution is 2.35. The van der Waals surface area contributed by atoms with Crippen molar-refractivity contribution in [3.05, 3.63) is 73.0 Å². The first-order chi connectivity index (χ1) is 14.8. The highest BCUT2D eigenvalue weighted by molar-refractivity contribution is 5.85. The minimum atomic E-state index is -0.263. The summed E-state index contributed by atoms with van der Waals surface area (Å²) in [7, 11) is 0. The lowest BCUT2D eigenvalue weighted by Gasteiger charge is -2.32. The van der Waals surface area contributed by atoms with Crippen LogP contribution in [0, 0.1) is 5.82 Å². The number of likely N-dealkylation sites (tertiary alicyclic amines) is 1. The highest BCUT2D eigenvalue weighted by Gasteiger charge is 2.26. The lowest BCUT2D eigenvalue weighted by atomic mass is 10.0. The smallest absolute Gasteiger partial charge is 0.124 e. The number of nitrogens with zero attached hydrogens (tertiary/aromatic N) is 6. The maximum atomic E-state index is 13.4. The van der Waals surface area contributed by atoms with Crippen LogP contribution in [-0.4, -0.2) is 42.7 Å². The lowest BCUT2D eigenvalue weighted by molar-refractivity contribution is 0.176. The van der Waals surface area contributed by atoms with Crippen LogP contribution >= 0.6 is 12.4 Å². The summed E-state index contributed by atoms with van der Waals surface area (Å²) in [6, 6.07) is 10.5. The molecule has 7 nitrogen and oxygen atoms in total. The summed E-state index contributed by atoms with van der Waals surface area (Å²) in [5, 5.41) is 4.01. The van der Waals surface area contributed by atoms with Crippen LogP contribution in [0.4, 0.5) is 4.39 Å². The van der Waals surface area contributed by atoms with Gasteiger partial charge in [-0.15, -0.1) is 12.4 Å². The summed E-state index contributed by atoms with van der Waals surface area (Å²) >= 11 is 0. The van der Waals surface area contributed by atoms with Crippen LogP contribution < -0.4 is 0 Å². The molecule has 4 heterocycles. The Labute approximate surface area is 185 Å². The number of piperidine rings is 1. The Kier molecular flexibility index (Phi) is 6.39. The second kappa shape index (κ2) is 9.36. The second-order valence-electron chi connectivity index (χ2n) is 7.45. The van der Waals surface area contributed by atoms with Crippen LogP contribution in [0.15, 0.2) is 66.0 Å². The molecule has 0 radical (unpaired) electrons. The summed E-state index contributed by atoms with van der Waals surface area (Å²) in [5.41, 5.74) is 4.38. The van der Waals surface area contributed by atoms with E-state index in [0.29, 0.717) is 6.04 Å². The number of rotatable bonds is 5. The molecule has 5 rings (SSSR count). The van der Waals surface area contributed by atoms with Crippen LogP contribution in [0.3, 0.4) is 0 Å². The zero-order valence-electron chi connectivity index (χ0n) is 16.8. The minimum absolute atomic E-state index is 0. The molecule has 1 aliphatic heterocycles. The van der Waals surface area contributed by atoms with Crippen LogP contribution in [0.1, 0.15) is 24.6 Å². The van der Waals surface area contributed by atoms with Gasteiger partial charge in [-0.1, -0.05) is 5.16 Å². The molecule has 1 saturated heterocycles. The van der Waals surface area contributed by atoms with E-state index in [1.54, 1.807) is 30.9 Å². The second-order valence-corrected chi connectivity index (χ2v) is 7.45. The van der Waals surface area contributed by atoms with Gasteiger partial charge in [0.05, 0.1) is 29.1 Å². The first-order valence-electron chi connectivity index (χ1n) is 9.98. The first-order valence-corrected chi connectivity index (χ1v) is 9.98. The van der Waals surface area contributed by atoms with Crippen LogP contribution in [0.5, 0.6) is 0 Å². The van der Waals surface area contributed by atoms with E-state index in [0.717, 1.165) is 60.8 Å². The largest absolute Gasteiger partial charge is 0.364 e. The lowest BCUT2D eigenvalue weighted by Crippen LogP contribution is -2.34. The maximum Gasteiger partial charge on any atom is 0.124 e. The standard InChI is InChI=1S/C22H21FN6O.ClH/c23-17-3-1-16(2-4-17)21-22(20-5-9-24-14-25-20)29(15-26-21)19-6-10-28(11-7-19)13-18-8-12-30-27-18;/h1-5,8-9,12,14-15,19H,6-7,10-11,13H2;1H. The van der Waals surface area contributed by atoms with Gasteiger partial charge < -0.3 is 9.09 Å². The van der Waals surface area contributed by atoms with Gasteiger partial charge in [0.1, 0.15) is 18.4 Å². The molecule has 0 bridgehead atoms. The Hall–Kier alpha value is -3.10. The molecule has 31 heavy (non-hydrogen) atoms. The average molecular weight is 441 g/mol. The van der Waals surface area contributed by atoms with E-state index in [2.05, 4.69) is 24.6 Å². The summed E-state index contributed by atoms with van der Waals surface area (Å²) in [5.74, 6) is -0.263. The van der Waals surface area contributed by atoms with Gasteiger partial charge in [0, 0.05) is 43.5 Å². The monoisotopic (exact) mass is 440 g/mol. The third-order valence-electron chi connectivity index (χ3n) is 5.56. The fourth-order valence-electron chi connectivity index (χ4n) is 4.05. The van der Waals surface area contributed by atoms with Gasteiger partial charge in [0.25, 0.3) is 0 Å². The van der Waals surface area contributed by atoms with Gasteiger partial charge >= 0.3 is 0 Å². The van der Waals surface area contributed by atoms with Gasteiger partial charge in [-0.3, -0.25) is 4.90 Å². The third-order valence-corrected chi connectivity index (χ3v) is 5.56. The number of benzene rings is 1. The van der Waals surface area contributed by atoms with Gasteiger partial charge in [-0.2, -0.15) is 0 Å².